The van der Waals surface area contributed by atoms with Crippen LogP contribution < -0.4 is 4.74 Å². The Morgan fingerprint density at radius 2 is 2.11 bits per heavy atom. The van der Waals surface area contributed by atoms with Crippen molar-refractivity contribution in [2.24, 2.45) is 0 Å². The van der Waals surface area contributed by atoms with E-state index >= 15 is 0 Å². The first-order valence-corrected chi connectivity index (χ1v) is 5.97. The van der Waals surface area contributed by atoms with E-state index in [1.807, 2.05) is 18.2 Å². The van der Waals surface area contributed by atoms with E-state index in [0.29, 0.717) is 12.2 Å². The lowest BCUT2D eigenvalue weighted by molar-refractivity contribution is -0.131. The van der Waals surface area contributed by atoms with E-state index in [2.05, 4.69) is 24.0 Å². The smallest absolute Gasteiger partial charge is 0.315 e. The van der Waals surface area contributed by atoms with Gasteiger partial charge in [0.25, 0.3) is 0 Å². The maximum absolute atomic E-state index is 11.4. The van der Waals surface area contributed by atoms with E-state index in [4.69, 9.17) is 4.74 Å². The van der Waals surface area contributed by atoms with Crippen molar-refractivity contribution in [1.29, 1.82) is 0 Å². The summed E-state index contributed by atoms with van der Waals surface area (Å²) in [5, 5.41) is 2.33. The van der Waals surface area contributed by atoms with Crippen LogP contribution in [-0.4, -0.2) is 11.0 Å². The third-order valence-electron chi connectivity index (χ3n) is 3.56. The Labute approximate surface area is 103 Å². The van der Waals surface area contributed by atoms with Crippen molar-refractivity contribution in [3.05, 3.63) is 41.5 Å². The fourth-order valence-corrected chi connectivity index (χ4v) is 2.83. The van der Waals surface area contributed by atoms with Crippen LogP contribution in [0.15, 0.2) is 30.3 Å². The molecule has 0 saturated heterocycles. The molecule has 3 heteroatoms. The molecule has 0 atom stereocenters. The molecule has 3 aromatic rings. The van der Waals surface area contributed by atoms with Gasteiger partial charge in [-0.1, -0.05) is 24.3 Å². The van der Waals surface area contributed by atoms with Crippen LogP contribution in [0.5, 0.6) is 5.75 Å². The number of nitrogens with one attached hydrogen (secondary N) is 1. The number of fused-ring (bicyclic) bond motifs is 5. The standard InChI is InChI=1S/C15H11NO2/c1-8-6-9-7-12(17)18-15(9)14-13(8)10-4-2-3-5-11(10)16-14/h2-6,16H,7H2,1H3. The second kappa shape index (κ2) is 3.13. The average molecular weight is 237 g/mol. The minimum atomic E-state index is -0.171. The number of aromatic amines is 1. The molecule has 4 rings (SSSR count). The Kier molecular flexibility index (Phi) is 1.69. The second-order valence-corrected chi connectivity index (χ2v) is 4.75. The summed E-state index contributed by atoms with van der Waals surface area (Å²) in [6.07, 6.45) is 0.376. The molecule has 1 N–H and O–H groups in total. The molecule has 2 heterocycles. The predicted molar refractivity (Wildman–Crippen MR) is 69.9 cm³/mol. The molecule has 1 aromatic heterocycles. The van der Waals surface area contributed by atoms with Crippen LogP contribution in [0, 0.1) is 6.92 Å². The molecule has 0 unspecified atom stereocenters. The molecule has 0 aliphatic carbocycles. The quantitative estimate of drug-likeness (QED) is 0.482. The topological polar surface area (TPSA) is 42.1 Å². The van der Waals surface area contributed by atoms with Crippen LogP contribution in [0.2, 0.25) is 0 Å². The van der Waals surface area contributed by atoms with Crippen molar-refractivity contribution in [3.8, 4) is 5.75 Å². The number of esters is 1. The van der Waals surface area contributed by atoms with E-state index in [1.54, 1.807) is 0 Å². The number of carbonyl (C=O) groups excluding carboxylic acids is 1. The first-order chi connectivity index (χ1) is 8.74. The van der Waals surface area contributed by atoms with E-state index in [9.17, 15) is 4.79 Å². The van der Waals surface area contributed by atoms with Crippen molar-refractivity contribution in [3.63, 3.8) is 0 Å². The lowest BCUT2D eigenvalue weighted by Gasteiger charge is -2.02. The zero-order valence-corrected chi connectivity index (χ0v) is 9.91. The normalized spacial score (nSPS) is 14.2. The van der Waals surface area contributed by atoms with Gasteiger partial charge in [-0.2, -0.15) is 0 Å². The summed E-state index contributed by atoms with van der Waals surface area (Å²) in [4.78, 5) is 14.8. The molecular weight excluding hydrogens is 226 g/mol. The fourth-order valence-electron chi connectivity index (χ4n) is 2.83. The zero-order valence-electron chi connectivity index (χ0n) is 9.91. The molecule has 18 heavy (non-hydrogen) atoms. The average Bonchev–Trinajstić information content (AvgIpc) is 2.89. The number of carbonyl (C=O) groups is 1. The molecule has 0 spiro atoms. The second-order valence-electron chi connectivity index (χ2n) is 4.75. The number of para-hydroxylation sites is 1. The number of hydrogen-bond donors (Lipinski definition) is 1. The Bertz CT molecular complexity index is 814. The third-order valence-corrected chi connectivity index (χ3v) is 3.56. The van der Waals surface area contributed by atoms with Gasteiger partial charge < -0.3 is 9.72 Å². The summed E-state index contributed by atoms with van der Waals surface area (Å²) in [7, 11) is 0. The SMILES string of the molecule is Cc1cc2c(c3[nH]c4ccccc4c13)OC(=O)C2. The van der Waals surface area contributed by atoms with E-state index in [0.717, 1.165) is 22.0 Å². The van der Waals surface area contributed by atoms with Gasteiger partial charge in [0.15, 0.2) is 5.75 Å². The van der Waals surface area contributed by atoms with Gasteiger partial charge in [-0.25, -0.2) is 0 Å². The van der Waals surface area contributed by atoms with Gasteiger partial charge in [0.1, 0.15) is 0 Å². The van der Waals surface area contributed by atoms with Gasteiger partial charge in [0, 0.05) is 21.9 Å². The van der Waals surface area contributed by atoms with Gasteiger partial charge in [-0.3, -0.25) is 4.79 Å². The van der Waals surface area contributed by atoms with Gasteiger partial charge in [0.05, 0.1) is 11.9 Å². The van der Waals surface area contributed by atoms with Crippen molar-refractivity contribution < 1.29 is 9.53 Å². The van der Waals surface area contributed by atoms with Gasteiger partial charge in [-0.15, -0.1) is 0 Å². The summed E-state index contributed by atoms with van der Waals surface area (Å²) >= 11 is 0. The summed E-state index contributed by atoms with van der Waals surface area (Å²) < 4.78 is 5.33. The minimum Gasteiger partial charge on any atom is -0.424 e. The number of rotatable bonds is 0. The fraction of sp³-hybridized carbons (Fsp3) is 0.133. The highest BCUT2D eigenvalue weighted by molar-refractivity contribution is 6.12. The van der Waals surface area contributed by atoms with Crippen molar-refractivity contribution in [2.45, 2.75) is 13.3 Å². The Morgan fingerprint density at radius 1 is 1.28 bits per heavy atom. The highest BCUT2D eigenvalue weighted by Crippen LogP contribution is 2.39. The molecular formula is C15H11NO2. The van der Waals surface area contributed by atoms with E-state index in [-0.39, 0.29) is 5.97 Å². The summed E-state index contributed by atoms with van der Waals surface area (Å²) in [6, 6.07) is 10.2. The lowest BCUT2D eigenvalue weighted by Crippen LogP contribution is -2.00. The monoisotopic (exact) mass is 237 g/mol. The number of benzene rings is 2. The van der Waals surface area contributed by atoms with Crippen LogP contribution in [-0.2, 0) is 11.2 Å². The number of hydrogen-bond acceptors (Lipinski definition) is 2. The lowest BCUT2D eigenvalue weighted by atomic mass is 10.0. The molecule has 1 aliphatic heterocycles. The first-order valence-electron chi connectivity index (χ1n) is 5.97. The molecule has 0 amide bonds. The maximum Gasteiger partial charge on any atom is 0.315 e. The first kappa shape index (κ1) is 9.71. The van der Waals surface area contributed by atoms with Crippen molar-refractivity contribution in [1.82, 2.24) is 4.98 Å². The van der Waals surface area contributed by atoms with E-state index in [1.165, 1.54) is 10.9 Å². The van der Waals surface area contributed by atoms with Crippen LogP contribution in [0.4, 0.5) is 0 Å². The Morgan fingerprint density at radius 3 is 3.00 bits per heavy atom. The number of aryl methyl sites for hydroxylation is 1. The number of H-pyrrole nitrogens is 1. The molecule has 3 nitrogen and oxygen atoms in total. The van der Waals surface area contributed by atoms with Crippen LogP contribution in [0.1, 0.15) is 11.1 Å². The summed E-state index contributed by atoms with van der Waals surface area (Å²) in [6.45, 7) is 2.08. The van der Waals surface area contributed by atoms with Gasteiger partial charge >= 0.3 is 5.97 Å². The highest BCUT2D eigenvalue weighted by atomic mass is 16.5. The molecule has 2 aromatic carbocycles. The Hall–Kier alpha value is -2.29. The minimum absolute atomic E-state index is 0.171. The van der Waals surface area contributed by atoms with Crippen LogP contribution >= 0.6 is 0 Å². The van der Waals surface area contributed by atoms with Crippen LogP contribution in [0.25, 0.3) is 21.8 Å². The molecule has 88 valence electrons. The highest BCUT2D eigenvalue weighted by Gasteiger charge is 2.25. The summed E-state index contributed by atoms with van der Waals surface area (Å²) in [5.41, 5.74) is 4.18. The van der Waals surface area contributed by atoms with Gasteiger partial charge in [-0.05, 0) is 18.6 Å². The summed E-state index contributed by atoms with van der Waals surface area (Å²) in [5.74, 6) is 0.535. The number of ether oxygens (including phenoxy) is 1. The molecule has 0 saturated carbocycles. The third kappa shape index (κ3) is 1.11. The van der Waals surface area contributed by atoms with Crippen molar-refractivity contribution in [2.75, 3.05) is 0 Å². The molecule has 0 radical (unpaired) electrons. The molecule has 0 fully saturated rings. The predicted octanol–water partition coefficient (Wildman–Crippen LogP) is 3.09. The Balaban J connectivity index is 2.24. The number of aromatic nitrogens is 1. The van der Waals surface area contributed by atoms with E-state index < -0.39 is 0 Å². The van der Waals surface area contributed by atoms with Crippen molar-refractivity contribution >= 4 is 27.8 Å². The molecule has 0 bridgehead atoms. The molecule has 1 aliphatic rings. The van der Waals surface area contributed by atoms with Gasteiger partial charge in [0.2, 0.25) is 0 Å². The zero-order chi connectivity index (χ0) is 12.3. The maximum atomic E-state index is 11.4. The largest absolute Gasteiger partial charge is 0.424 e. The van der Waals surface area contributed by atoms with Crippen LogP contribution in [0.3, 0.4) is 0 Å².